The molecule has 2 aromatic rings. The standard InChI is InChI=1S/C14H12F3N3O/c15-14(16,17)13-19-10(7-11(18)20-13)9-5-1-3-8-4-2-6-21-12(8)9/h1,3,5,7H,2,4,6H2,(H2,18,19,20). The van der Waals surface area contributed by atoms with Crippen molar-refractivity contribution in [2.45, 2.75) is 19.0 Å². The quantitative estimate of drug-likeness (QED) is 0.878. The Morgan fingerprint density at radius 1 is 1.19 bits per heavy atom. The van der Waals surface area contributed by atoms with Gasteiger partial charge in [0.2, 0.25) is 5.82 Å². The van der Waals surface area contributed by atoms with E-state index in [9.17, 15) is 13.2 Å². The Morgan fingerprint density at radius 3 is 2.76 bits per heavy atom. The Labute approximate surface area is 118 Å². The number of halogens is 3. The Morgan fingerprint density at radius 2 is 2.00 bits per heavy atom. The molecule has 1 aromatic heterocycles. The molecule has 3 rings (SSSR count). The van der Waals surface area contributed by atoms with Crippen molar-refractivity contribution >= 4 is 5.82 Å². The van der Waals surface area contributed by atoms with Crippen LogP contribution in [0.25, 0.3) is 11.3 Å². The van der Waals surface area contributed by atoms with E-state index < -0.39 is 12.0 Å². The molecule has 1 aliphatic rings. The van der Waals surface area contributed by atoms with Gasteiger partial charge in [-0.2, -0.15) is 13.2 Å². The highest BCUT2D eigenvalue weighted by atomic mass is 19.4. The number of rotatable bonds is 1. The predicted molar refractivity (Wildman–Crippen MR) is 70.7 cm³/mol. The topological polar surface area (TPSA) is 61.0 Å². The summed E-state index contributed by atoms with van der Waals surface area (Å²) in [6.45, 7) is 0.538. The van der Waals surface area contributed by atoms with Crippen LogP contribution in [0, 0.1) is 0 Å². The summed E-state index contributed by atoms with van der Waals surface area (Å²) >= 11 is 0. The molecule has 0 bridgehead atoms. The number of anilines is 1. The van der Waals surface area contributed by atoms with Gasteiger partial charge >= 0.3 is 6.18 Å². The van der Waals surface area contributed by atoms with E-state index in [2.05, 4.69) is 9.97 Å². The molecular formula is C14H12F3N3O. The number of aryl methyl sites for hydroxylation is 1. The maximum absolute atomic E-state index is 12.8. The first-order valence-corrected chi connectivity index (χ1v) is 6.42. The molecular weight excluding hydrogens is 283 g/mol. The van der Waals surface area contributed by atoms with Gasteiger partial charge < -0.3 is 10.5 Å². The van der Waals surface area contributed by atoms with Crippen LogP contribution in [0.5, 0.6) is 5.75 Å². The van der Waals surface area contributed by atoms with Gasteiger partial charge in [0, 0.05) is 11.6 Å². The number of ether oxygens (including phenoxy) is 1. The van der Waals surface area contributed by atoms with Crippen molar-refractivity contribution in [2.75, 3.05) is 12.3 Å². The molecule has 21 heavy (non-hydrogen) atoms. The Hall–Kier alpha value is -2.31. The average Bonchev–Trinajstić information content (AvgIpc) is 2.45. The molecule has 0 radical (unpaired) electrons. The first-order chi connectivity index (χ1) is 9.95. The lowest BCUT2D eigenvalue weighted by Crippen LogP contribution is -2.14. The third-order valence-corrected chi connectivity index (χ3v) is 3.21. The lowest BCUT2D eigenvalue weighted by Gasteiger charge is -2.20. The highest BCUT2D eigenvalue weighted by Crippen LogP contribution is 2.37. The van der Waals surface area contributed by atoms with Crippen LogP contribution in [0.2, 0.25) is 0 Å². The van der Waals surface area contributed by atoms with Crippen molar-refractivity contribution in [3.63, 3.8) is 0 Å². The summed E-state index contributed by atoms with van der Waals surface area (Å²) in [6.07, 6.45) is -2.92. The van der Waals surface area contributed by atoms with E-state index in [4.69, 9.17) is 10.5 Å². The zero-order valence-corrected chi connectivity index (χ0v) is 10.9. The van der Waals surface area contributed by atoms with Gasteiger partial charge in [-0.15, -0.1) is 0 Å². The van der Waals surface area contributed by atoms with Crippen LogP contribution in [0.15, 0.2) is 24.3 Å². The summed E-state index contributed by atoms with van der Waals surface area (Å²) < 4.78 is 44.0. The SMILES string of the molecule is Nc1cc(-c2cccc3c2OCCC3)nc(C(F)(F)F)n1. The van der Waals surface area contributed by atoms with Gasteiger partial charge in [0.1, 0.15) is 11.6 Å². The normalized spacial score (nSPS) is 14.4. The summed E-state index contributed by atoms with van der Waals surface area (Å²) in [4.78, 5) is 6.83. The molecule has 1 aliphatic heterocycles. The minimum atomic E-state index is -4.64. The van der Waals surface area contributed by atoms with Crippen LogP contribution in [0.1, 0.15) is 17.8 Å². The van der Waals surface area contributed by atoms with Crippen LogP contribution in [-0.2, 0) is 12.6 Å². The fourth-order valence-corrected chi connectivity index (χ4v) is 2.32. The second-order valence-electron chi connectivity index (χ2n) is 4.75. The number of nitrogens with two attached hydrogens (primary N) is 1. The second kappa shape index (κ2) is 4.91. The first-order valence-electron chi connectivity index (χ1n) is 6.42. The second-order valence-corrected chi connectivity index (χ2v) is 4.75. The van der Waals surface area contributed by atoms with Gasteiger partial charge in [0.25, 0.3) is 0 Å². The van der Waals surface area contributed by atoms with Crippen LogP contribution in [0.3, 0.4) is 0 Å². The van der Waals surface area contributed by atoms with E-state index in [1.807, 2.05) is 6.07 Å². The number of benzene rings is 1. The number of para-hydroxylation sites is 1. The average molecular weight is 295 g/mol. The first kappa shape index (κ1) is 13.7. The molecule has 4 nitrogen and oxygen atoms in total. The number of nitrogens with zero attached hydrogens (tertiary/aromatic N) is 2. The van der Waals surface area contributed by atoms with Crippen LogP contribution >= 0.6 is 0 Å². The van der Waals surface area contributed by atoms with E-state index >= 15 is 0 Å². The van der Waals surface area contributed by atoms with Gasteiger partial charge in [0.15, 0.2) is 0 Å². The summed E-state index contributed by atoms with van der Waals surface area (Å²) in [5.41, 5.74) is 7.07. The molecule has 110 valence electrons. The summed E-state index contributed by atoms with van der Waals surface area (Å²) in [7, 11) is 0. The summed E-state index contributed by atoms with van der Waals surface area (Å²) in [5, 5.41) is 0. The zero-order valence-electron chi connectivity index (χ0n) is 10.9. The highest BCUT2D eigenvalue weighted by Gasteiger charge is 2.35. The largest absolute Gasteiger partial charge is 0.493 e. The minimum Gasteiger partial charge on any atom is -0.493 e. The molecule has 1 aromatic carbocycles. The van der Waals surface area contributed by atoms with E-state index in [-0.39, 0.29) is 11.5 Å². The smallest absolute Gasteiger partial charge is 0.451 e. The molecule has 2 N–H and O–H groups in total. The van der Waals surface area contributed by atoms with Crippen molar-refractivity contribution in [3.8, 4) is 17.0 Å². The Balaban J connectivity index is 2.15. The molecule has 0 unspecified atom stereocenters. The van der Waals surface area contributed by atoms with Crippen LogP contribution in [-0.4, -0.2) is 16.6 Å². The Bertz CT molecular complexity index is 686. The van der Waals surface area contributed by atoms with Gasteiger partial charge in [-0.05, 0) is 24.5 Å². The van der Waals surface area contributed by atoms with Crippen molar-refractivity contribution in [2.24, 2.45) is 0 Å². The molecule has 0 atom stereocenters. The number of fused-ring (bicyclic) bond motifs is 1. The highest BCUT2D eigenvalue weighted by molar-refractivity contribution is 5.71. The number of nitrogen functional groups attached to an aromatic ring is 1. The molecule has 0 saturated carbocycles. The molecule has 2 heterocycles. The fraction of sp³-hybridized carbons (Fsp3) is 0.286. The molecule has 0 spiro atoms. The van der Waals surface area contributed by atoms with Gasteiger partial charge in [-0.1, -0.05) is 12.1 Å². The lowest BCUT2D eigenvalue weighted by molar-refractivity contribution is -0.144. The van der Waals surface area contributed by atoms with Gasteiger partial charge in [-0.3, -0.25) is 0 Å². The van der Waals surface area contributed by atoms with Crippen LogP contribution in [0.4, 0.5) is 19.0 Å². The fourth-order valence-electron chi connectivity index (χ4n) is 2.32. The van der Waals surface area contributed by atoms with E-state index in [0.717, 1.165) is 18.4 Å². The molecule has 0 amide bonds. The summed E-state index contributed by atoms with van der Waals surface area (Å²) in [5.74, 6) is -0.887. The maximum atomic E-state index is 12.8. The zero-order chi connectivity index (χ0) is 15.0. The molecule has 0 aliphatic carbocycles. The van der Waals surface area contributed by atoms with Gasteiger partial charge in [0.05, 0.1) is 12.3 Å². The third kappa shape index (κ3) is 2.63. The van der Waals surface area contributed by atoms with Crippen molar-refractivity contribution in [1.82, 2.24) is 9.97 Å². The van der Waals surface area contributed by atoms with Crippen LogP contribution < -0.4 is 10.5 Å². The number of hydrogen-bond donors (Lipinski definition) is 1. The monoisotopic (exact) mass is 295 g/mol. The van der Waals surface area contributed by atoms with Crippen molar-refractivity contribution in [3.05, 3.63) is 35.7 Å². The minimum absolute atomic E-state index is 0.119. The molecule has 0 saturated heterocycles. The van der Waals surface area contributed by atoms with Crippen molar-refractivity contribution in [1.29, 1.82) is 0 Å². The van der Waals surface area contributed by atoms with Crippen molar-refractivity contribution < 1.29 is 17.9 Å². The number of alkyl halides is 3. The van der Waals surface area contributed by atoms with E-state index in [0.29, 0.717) is 17.9 Å². The van der Waals surface area contributed by atoms with Gasteiger partial charge in [-0.25, -0.2) is 9.97 Å². The van der Waals surface area contributed by atoms with E-state index in [1.54, 1.807) is 12.1 Å². The summed E-state index contributed by atoms with van der Waals surface area (Å²) in [6, 6.07) is 6.66. The number of hydrogen-bond acceptors (Lipinski definition) is 4. The maximum Gasteiger partial charge on any atom is 0.451 e. The lowest BCUT2D eigenvalue weighted by atomic mass is 10.0. The van der Waals surface area contributed by atoms with E-state index in [1.165, 1.54) is 6.07 Å². The molecule has 7 heteroatoms. The molecule has 0 fully saturated rings. The number of aromatic nitrogens is 2. The third-order valence-electron chi connectivity index (χ3n) is 3.21. The Kier molecular flexibility index (Phi) is 3.19. The predicted octanol–water partition coefficient (Wildman–Crippen LogP) is 3.07.